The van der Waals surface area contributed by atoms with E-state index in [0.29, 0.717) is 40.8 Å². The molecule has 0 saturated carbocycles. The molecule has 0 aliphatic carbocycles. The maximum atomic E-state index is 12.4. The molecule has 0 bridgehead atoms. The highest BCUT2D eigenvalue weighted by molar-refractivity contribution is 6.30. The van der Waals surface area contributed by atoms with E-state index >= 15 is 0 Å². The number of nitrogens with zero attached hydrogens (tertiary/aromatic N) is 3. The number of ether oxygens (including phenoxy) is 1. The Kier molecular flexibility index (Phi) is 4.22. The zero-order valence-electron chi connectivity index (χ0n) is 13.9. The maximum Gasteiger partial charge on any atom is 0.272 e. The number of fused-ring (bicyclic) bond motifs is 1. The van der Waals surface area contributed by atoms with E-state index in [0.717, 1.165) is 11.1 Å². The molecule has 8 heteroatoms. The number of hydrogen-bond donors (Lipinski definition) is 1. The van der Waals surface area contributed by atoms with Crippen LogP contribution in [0.5, 0.6) is 5.88 Å². The first kappa shape index (κ1) is 16.4. The van der Waals surface area contributed by atoms with Gasteiger partial charge in [-0.3, -0.25) is 9.89 Å². The zero-order valence-corrected chi connectivity index (χ0v) is 14.7. The number of rotatable bonds is 5. The molecular formula is C18H15ClN4O3. The van der Waals surface area contributed by atoms with Gasteiger partial charge in [0.15, 0.2) is 5.65 Å². The van der Waals surface area contributed by atoms with Crippen molar-refractivity contribution in [2.45, 2.75) is 12.8 Å². The fraction of sp³-hybridized carbons (Fsp3) is 0.167. The van der Waals surface area contributed by atoms with E-state index < -0.39 is 0 Å². The van der Waals surface area contributed by atoms with Crippen molar-refractivity contribution in [3.8, 4) is 17.0 Å². The molecule has 0 saturated heterocycles. The lowest BCUT2D eigenvalue weighted by Gasteiger charge is -2.02. The monoisotopic (exact) mass is 370 g/mol. The minimum atomic E-state index is -0.166. The molecule has 0 unspecified atom stereocenters. The van der Waals surface area contributed by atoms with Gasteiger partial charge in [-0.1, -0.05) is 23.7 Å². The summed E-state index contributed by atoms with van der Waals surface area (Å²) in [6, 6.07) is 10.6. The highest BCUT2D eigenvalue weighted by atomic mass is 35.5. The van der Waals surface area contributed by atoms with Gasteiger partial charge in [0.1, 0.15) is 5.76 Å². The van der Waals surface area contributed by atoms with Crippen molar-refractivity contribution in [1.29, 1.82) is 0 Å². The fourth-order valence-electron chi connectivity index (χ4n) is 2.76. The van der Waals surface area contributed by atoms with E-state index in [-0.39, 0.29) is 5.56 Å². The van der Waals surface area contributed by atoms with Gasteiger partial charge in [-0.15, -0.1) is 0 Å². The van der Waals surface area contributed by atoms with Crippen LogP contribution in [-0.4, -0.2) is 26.9 Å². The first-order valence-electron chi connectivity index (χ1n) is 7.99. The number of aryl methyl sites for hydroxylation is 2. The molecule has 0 fully saturated rings. The largest absolute Gasteiger partial charge is 0.479 e. The third kappa shape index (κ3) is 3.09. The first-order chi connectivity index (χ1) is 12.6. The number of aromatic nitrogens is 4. The molecule has 0 spiro atoms. The van der Waals surface area contributed by atoms with Crippen LogP contribution in [0.25, 0.3) is 16.8 Å². The topological polar surface area (TPSA) is 85.4 Å². The van der Waals surface area contributed by atoms with Crippen molar-refractivity contribution in [2.75, 3.05) is 7.11 Å². The van der Waals surface area contributed by atoms with Gasteiger partial charge in [-0.2, -0.15) is 0 Å². The van der Waals surface area contributed by atoms with Crippen LogP contribution in [0, 0.1) is 0 Å². The van der Waals surface area contributed by atoms with Gasteiger partial charge in [0.2, 0.25) is 0 Å². The van der Waals surface area contributed by atoms with E-state index in [1.807, 2.05) is 12.1 Å². The number of H-pyrrole nitrogens is 1. The molecule has 3 aromatic heterocycles. The summed E-state index contributed by atoms with van der Waals surface area (Å²) in [5.41, 5.74) is 2.85. The number of hydrogen-bond acceptors (Lipinski definition) is 5. The van der Waals surface area contributed by atoms with E-state index in [1.54, 1.807) is 24.4 Å². The summed E-state index contributed by atoms with van der Waals surface area (Å²) < 4.78 is 11.6. The summed E-state index contributed by atoms with van der Waals surface area (Å²) >= 11 is 5.95. The summed E-state index contributed by atoms with van der Waals surface area (Å²) in [6.07, 6.45) is 2.88. The lowest BCUT2D eigenvalue weighted by atomic mass is 10.1. The van der Waals surface area contributed by atoms with Crippen molar-refractivity contribution in [3.63, 3.8) is 0 Å². The Bertz CT molecular complexity index is 1110. The number of aromatic amines is 1. The van der Waals surface area contributed by atoms with Gasteiger partial charge in [0, 0.05) is 41.0 Å². The number of benzene rings is 1. The van der Waals surface area contributed by atoms with Gasteiger partial charge < -0.3 is 9.26 Å². The Morgan fingerprint density at radius 1 is 1.23 bits per heavy atom. The summed E-state index contributed by atoms with van der Waals surface area (Å²) in [5, 5.41) is 7.37. The Morgan fingerprint density at radius 2 is 2.04 bits per heavy atom. The Hall–Kier alpha value is -3.06. The summed E-state index contributed by atoms with van der Waals surface area (Å²) in [4.78, 5) is 17.0. The summed E-state index contributed by atoms with van der Waals surface area (Å²) in [6.45, 7) is 0. The molecule has 132 valence electrons. The normalized spacial score (nSPS) is 11.2. The van der Waals surface area contributed by atoms with E-state index in [9.17, 15) is 4.79 Å². The van der Waals surface area contributed by atoms with Crippen LogP contribution >= 0.6 is 11.6 Å². The van der Waals surface area contributed by atoms with Crippen LogP contribution < -0.4 is 10.3 Å². The van der Waals surface area contributed by atoms with Crippen LogP contribution in [0.3, 0.4) is 0 Å². The van der Waals surface area contributed by atoms with Gasteiger partial charge in [0.05, 0.1) is 7.11 Å². The predicted octanol–water partition coefficient (Wildman–Crippen LogP) is 3.12. The number of halogens is 1. The number of nitrogens with one attached hydrogen (secondary N) is 1. The second-order valence-corrected chi connectivity index (χ2v) is 6.21. The molecular weight excluding hydrogens is 356 g/mol. The Labute approximate surface area is 153 Å². The Morgan fingerprint density at radius 3 is 2.77 bits per heavy atom. The standard InChI is InChI=1S/C18H15ClN4O3/c1-25-16-9-14(26-22-16)7-6-13-8-17(24)23-18(21-13)15(10-20-23)11-2-4-12(19)5-3-11/h2-5,8-10,20H,6-7H2,1H3. The van der Waals surface area contributed by atoms with Crippen molar-refractivity contribution in [1.82, 2.24) is 19.8 Å². The maximum absolute atomic E-state index is 12.4. The van der Waals surface area contributed by atoms with E-state index in [2.05, 4.69) is 15.2 Å². The van der Waals surface area contributed by atoms with Crippen LogP contribution in [-0.2, 0) is 12.8 Å². The summed E-state index contributed by atoms with van der Waals surface area (Å²) in [7, 11) is 1.53. The molecule has 1 N–H and O–H groups in total. The lowest BCUT2D eigenvalue weighted by molar-refractivity contribution is 0.326. The molecule has 4 rings (SSSR count). The second kappa shape index (κ2) is 6.68. The average Bonchev–Trinajstić information content (AvgIpc) is 3.27. The molecule has 0 amide bonds. The SMILES string of the molecule is COc1cc(CCc2cc(=O)n3[nH]cc(-c4ccc(Cl)cc4)c3n2)on1. The van der Waals surface area contributed by atoms with Crippen LogP contribution in [0.1, 0.15) is 11.5 Å². The highest BCUT2D eigenvalue weighted by Gasteiger charge is 2.12. The molecule has 26 heavy (non-hydrogen) atoms. The molecule has 4 aromatic rings. The van der Waals surface area contributed by atoms with Crippen LogP contribution in [0.4, 0.5) is 0 Å². The lowest BCUT2D eigenvalue weighted by Crippen LogP contribution is -2.15. The molecule has 0 atom stereocenters. The van der Waals surface area contributed by atoms with E-state index in [4.69, 9.17) is 20.9 Å². The fourth-order valence-corrected chi connectivity index (χ4v) is 2.88. The molecule has 0 radical (unpaired) electrons. The first-order valence-corrected chi connectivity index (χ1v) is 8.37. The average molecular weight is 371 g/mol. The smallest absolute Gasteiger partial charge is 0.272 e. The molecule has 3 heterocycles. The third-order valence-electron chi connectivity index (χ3n) is 4.08. The quantitative estimate of drug-likeness (QED) is 0.583. The molecule has 0 aliphatic heterocycles. The van der Waals surface area contributed by atoms with Gasteiger partial charge in [0.25, 0.3) is 11.4 Å². The highest BCUT2D eigenvalue weighted by Crippen LogP contribution is 2.24. The molecule has 1 aromatic carbocycles. The minimum absolute atomic E-state index is 0.166. The third-order valence-corrected chi connectivity index (χ3v) is 4.33. The van der Waals surface area contributed by atoms with E-state index in [1.165, 1.54) is 17.7 Å². The van der Waals surface area contributed by atoms with Crippen molar-refractivity contribution in [2.24, 2.45) is 0 Å². The van der Waals surface area contributed by atoms with Crippen molar-refractivity contribution in [3.05, 3.63) is 69.4 Å². The van der Waals surface area contributed by atoms with Gasteiger partial charge in [-0.25, -0.2) is 9.50 Å². The van der Waals surface area contributed by atoms with Crippen molar-refractivity contribution < 1.29 is 9.26 Å². The second-order valence-electron chi connectivity index (χ2n) is 5.77. The van der Waals surface area contributed by atoms with Crippen LogP contribution in [0.15, 0.2) is 51.9 Å². The molecule has 0 aliphatic rings. The zero-order chi connectivity index (χ0) is 18.1. The molecule has 7 nitrogen and oxygen atoms in total. The van der Waals surface area contributed by atoms with Gasteiger partial charge >= 0.3 is 0 Å². The number of methoxy groups -OCH3 is 1. The van der Waals surface area contributed by atoms with Crippen LogP contribution in [0.2, 0.25) is 5.02 Å². The summed E-state index contributed by atoms with van der Waals surface area (Å²) in [5.74, 6) is 1.11. The predicted molar refractivity (Wildman–Crippen MR) is 96.7 cm³/mol. The Balaban J connectivity index is 1.67. The van der Waals surface area contributed by atoms with Crippen molar-refractivity contribution >= 4 is 17.2 Å². The minimum Gasteiger partial charge on any atom is -0.479 e. The van der Waals surface area contributed by atoms with Gasteiger partial charge in [-0.05, 0) is 29.3 Å².